The number of hydrogen-bond donors (Lipinski definition) is 0. The molecule has 4 heteroatoms. The molecule has 11 heavy (non-hydrogen) atoms. The van der Waals surface area contributed by atoms with E-state index in [4.69, 9.17) is 0 Å². The molecule has 0 saturated carbocycles. The summed E-state index contributed by atoms with van der Waals surface area (Å²) in [5.74, 6) is 2.59. The zero-order valence-corrected chi connectivity index (χ0v) is 8.74. The van der Waals surface area contributed by atoms with Crippen molar-refractivity contribution in [1.29, 1.82) is 0 Å². The van der Waals surface area contributed by atoms with Crippen molar-refractivity contribution in [1.82, 2.24) is 0 Å². The molecule has 0 nitrogen and oxygen atoms in total. The molecular weight excluding hydrogens is 184 g/mol. The SMILES string of the molecule is CCC(P)(C#CP(F)F)CC. The molecule has 0 aliphatic rings. The van der Waals surface area contributed by atoms with Gasteiger partial charge in [0.25, 0.3) is 0 Å². The standard InChI is InChI=1S/C7H12F2P2/c1-3-7(10,4-2)5-6-11(8)9/h3-4,10H2,1-2H3. The van der Waals surface area contributed by atoms with E-state index in [1.165, 1.54) is 0 Å². The van der Waals surface area contributed by atoms with Crippen molar-refractivity contribution in [3.8, 4) is 11.6 Å². The summed E-state index contributed by atoms with van der Waals surface area (Å²) >= 11 is 0. The van der Waals surface area contributed by atoms with Crippen molar-refractivity contribution in [3.05, 3.63) is 0 Å². The van der Waals surface area contributed by atoms with E-state index in [1.54, 1.807) is 0 Å². The molecule has 64 valence electrons. The van der Waals surface area contributed by atoms with Gasteiger partial charge in [-0.1, -0.05) is 19.8 Å². The molecule has 0 heterocycles. The van der Waals surface area contributed by atoms with Crippen LogP contribution in [0.3, 0.4) is 0 Å². The zero-order valence-electron chi connectivity index (χ0n) is 6.69. The van der Waals surface area contributed by atoms with E-state index in [-0.39, 0.29) is 5.16 Å². The monoisotopic (exact) mass is 196 g/mol. The Morgan fingerprint density at radius 1 is 1.36 bits per heavy atom. The first-order valence-electron chi connectivity index (χ1n) is 3.47. The summed E-state index contributed by atoms with van der Waals surface area (Å²) in [6, 6.07) is 0. The van der Waals surface area contributed by atoms with Crippen LogP contribution in [-0.2, 0) is 0 Å². The van der Waals surface area contributed by atoms with Gasteiger partial charge in [-0.25, -0.2) is 0 Å². The second-order valence-electron chi connectivity index (χ2n) is 2.33. The summed E-state index contributed by atoms with van der Waals surface area (Å²) in [5.41, 5.74) is 1.95. The molecule has 0 aromatic rings. The predicted octanol–water partition coefficient (Wildman–Crippen LogP) is 3.63. The highest BCUT2D eigenvalue weighted by Gasteiger charge is 2.16. The minimum absolute atomic E-state index is 0.293. The van der Waals surface area contributed by atoms with Gasteiger partial charge < -0.3 is 0 Å². The highest BCUT2D eigenvalue weighted by Crippen LogP contribution is 2.38. The molecular formula is C7H12F2P2. The first-order valence-corrected chi connectivity index (χ1v) is 5.17. The lowest BCUT2D eigenvalue weighted by Gasteiger charge is -2.17. The van der Waals surface area contributed by atoms with E-state index in [1.807, 2.05) is 19.5 Å². The topological polar surface area (TPSA) is 0 Å². The van der Waals surface area contributed by atoms with Crippen molar-refractivity contribution < 1.29 is 8.39 Å². The van der Waals surface area contributed by atoms with Gasteiger partial charge in [0.1, 0.15) is 0 Å². The minimum Gasteiger partial charge on any atom is -0.173 e. The Bertz CT molecular complexity index is 165. The lowest BCUT2D eigenvalue weighted by Crippen LogP contribution is -2.14. The zero-order chi connectivity index (χ0) is 8.91. The second kappa shape index (κ2) is 5.02. The maximum atomic E-state index is 11.7. The number of halogens is 2. The van der Waals surface area contributed by atoms with Gasteiger partial charge >= 0.3 is 8.54 Å². The van der Waals surface area contributed by atoms with Gasteiger partial charge in [-0.15, -0.1) is 9.24 Å². The van der Waals surface area contributed by atoms with Crippen molar-refractivity contribution in [2.24, 2.45) is 0 Å². The Labute approximate surface area is 70.3 Å². The van der Waals surface area contributed by atoms with Crippen LogP contribution in [0.15, 0.2) is 0 Å². The van der Waals surface area contributed by atoms with Crippen molar-refractivity contribution in [2.45, 2.75) is 31.8 Å². The largest absolute Gasteiger partial charge is 0.344 e. The molecule has 1 atom stereocenters. The van der Waals surface area contributed by atoms with E-state index in [2.05, 4.69) is 15.2 Å². The molecule has 0 rings (SSSR count). The van der Waals surface area contributed by atoms with Gasteiger partial charge in [-0.2, -0.15) is 8.39 Å². The summed E-state index contributed by atoms with van der Waals surface area (Å²) < 4.78 is 23.4. The van der Waals surface area contributed by atoms with E-state index < -0.39 is 8.54 Å². The van der Waals surface area contributed by atoms with Crippen LogP contribution < -0.4 is 0 Å². The third-order valence-corrected chi connectivity index (χ3v) is 2.89. The molecule has 0 bridgehead atoms. The summed E-state index contributed by atoms with van der Waals surface area (Å²) in [5, 5.41) is -0.293. The van der Waals surface area contributed by atoms with Gasteiger partial charge in [0.2, 0.25) is 0 Å². The van der Waals surface area contributed by atoms with Gasteiger partial charge in [-0.05, 0) is 18.5 Å². The van der Waals surface area contributed by atoms with Crippen molar-refractivity contribution in [2.75, 3.05) is 0 Å². The molecule has 0 radical (unpaired) electrons. The van der Waals surface area contributed by atoms with Gasteiger partial charge in [0.05, 0.1) is 0 Å². The molecule has 0 saturated heterocycles. The van der Waals surface area contributed by atoms with Gasteiger partial charge in [0.15, 0.2) is 0 Å². The summed E-state index contributed by atoms with van der Waals surface area (Å²) in [6.45, 7) is 3.90. The highest BCUT2D eigenvalue weighted by molar-refractivity contribution is 7.52. The van der Waals surface area contributed by atoms with Crippen LogP contribution in [0.4, 0.5) is 8.39 Å². The van der Waals surface area contributed by atoms with Crippen LogP contribution in [0.25, 0.3) is 0 Å². The average molecular weight is 196 g/mol. The Morgan fingerprint density at radius 3 is 2.09 bits per heavy atom. The van der Waals surface area contributed by atoms with Crippen LogP contribution in [0.5, 0.6) is 0 Å². The average Bonchev–Trinajstić information content (AvgIpc) is 2.00. The first-order chi connectivity index (χ1) is 5.04. The lowest BCUT2D eigenvalue weighted by atomic mass is 10.0. The predicted molar refractivity (Wildman–Crippen MR) is 49.9 cm³/mol. The molecule has 0 spiro atoms. The van der Waals surface area contributed by atoms with Gasteiger partial charge in [-0.3, -0.25) is 0 Å². The van der Waals surface area contributed by atoms with E-state index in [0.29, 0.717) is 0 Å². The Morgan fingerprint density at radius 2 is 1.82 bits per heavy atom. The maximum Gasteiger partial charge on any atom is 0.344 e. The fourth-order valence-electron chi connectivity index (χ4n) is 0.580. The van der Waals surface area contributed by atoms with Crippen LogP contribution in [-0.4, -0.2) is 5.16 Å². The van der Waals surface area contributed by atoms with E-state index in [0.717, 1.165) is 12.8 Å². The van der Waals surface area contributed by atoms with Crippen molar-refractivity contribution in [3.63, 3.8) is 0 Å². The first kappa shape index (κ1) is 11.3. The summed E-state index contributed by atoms with van der Waals surface area (Å²) in [7, 11) is -0.513. The van der Waals surface area contributed by atoms with E-state index in [9.17, 15) is 8.39 Å². The van der Waals surface area contributed by atoms with Crippen LogP contribution in [0.2, 0.25) is 0 Å². The normalized spacial score (nSPS) is 11.1. The maximum absolute atomic E-state index is 11.7. The van der Waals surface area contributed by atoms with Crippen LogP contribution in [0.1, 0.15) is 26.7 Å². The second-order valence-corrected chi connectivity index (χ2v) is 4.13. The van der Waals surface area contributed by atoms with Crippen molar-refractivity contribution >= 4 is 17.8 Å². The van der Waals surface area contributed by atoms with E-state index >= 15 is 0 Å². The lowest BCUT2D eigenvalue weighted by molar-refractivity contribution is 0.680. The van der Waals surface area contributed by atoms with Gasteiger partial charge in [0, 0.05) is 5.16 Å². The number of rotatable bonds is 2. The summed E-state index contributed by atoms with van der Waals surface area (Å²) in [4.78, 5) is 0. The Kier molecular flexibility index (Phi) is 5.15. The Hall–Kier alpha value is 0.280. The molecule has 1 unspecified atom stereocenters. The Balaban J connectivity index is 4.21. The quantitative estimate of drug-likeness (QED) is 0.467. The van der Waals surface area contributed by atoms with Crippen LogP contribution >= 0.6 is 17.8 Å². The minimum atomic E-state index is -3.05. The molecule has 0 amide bonds. The third-order valence-electron chi connectivity index (χ3n) is 1.65. The molecule has 0 aliphatic heterocycles. The third kappa shape index (κ3) is 4.67. The molecule has 0 aromatic heterocycles. The van der Waals surface area contributed by atoms with Crippen LogP contribution in [0, 0.1) is 11.6 Å². The highest BCUT2D eigenvalue weighted by atomic mass is 31.2. The molecule has 0 aromatic carbocycles. The molecule has 0 fully saturated rings. The molecule has 0 aliphatic carbocycles. The summed E-state index contributed by atoms with van der Waals surface area (Å²) in [6.07, 6.45) is 1.59. The smallest absolute Gasteiger partial charge is 0.173 e. The fraction of sp³-hybridized carbons (Fsp3) is 0.714. The molecule has 0 N–H and O–H groups in total. The number of hydrogen-bond acceptors (Lipinski definition) is 0. The fourth-order valence-corrected chi connectivity index (χ4v) is 1.08.